The van der Waals surface area contributed by atoms with Gasteiger partial charge in [-0.05, 0) is 37.6 Å². The topological polar surface area (TPSA) is 60.9 Å². The lowest BCUT2D eigenvalue weighted by Gasteiger charge is -2.23. The Morgan fingerprint density at radius 3 is 2.20 bits per heavy atom. The lowest BCUT2D eigenvalue weighted by molar-refractivity contribution is -0.137. The van der Waals surface area contributed by atoms with E-state index in [9.17, 15) is 9.59 Å². The first-order chi connectivity index (χ1) is 9.49. The number of benzene rings is 1. The van der Waals surface area contributed by atoms with Gasteiger partial charge in [-0.2, -0.15) is 0 Å². The molecule has 0 radical (unpaired) electrons. The van der Waals surface area contributed by atoms with Gasteiger partial charge in [-0.1, -0.05) is 6.92 Å². The average Bonchev–Trinajstić information content (AvgIpc) is 2.43. The summed E-state index contributed by atoms with van der Waals surface area (Å²) < 4.78 is 0. The van der Waals surface area contributed by atoms with Crippen LogP contribution in [0.1, 0.15) is 30.6 Å². The highest BCUT2D eigenvalue weighted by Crippen LogP contribution is 2.16. The third-order valence-electron chi connectivity index (χ3n) is 3.07. The maximum absolute atomic E-state index is 12.0. The molecule has 0 unspecified atom stereocenters. The van der Waals surface area contributed by atoms with E-state index >= 15 is 0 Å². The molecule has 0 aliphatic heterocycles. The minimum Gasteiger partial charge on any atom is -0.480 e. The second-order valence-corrected chi connectivity index (χ2v) is 4.68. The highest BCUT2D eigenvalue weighted by Gasteiger charge is 2.14. The van der Waals surface area contributed by atoms with Gasteiger partial charge in [0.15, 0.2) is 0 Å². The molecule has 20 heavy (non-hydrogen) atoms. The Hall–Kier alpha value is -2.04. The van der Waals surface area contributed by atoms with Crippen LogP contribution in [0.2, 0.25) is 0 Å². The van der Waals surface area contributed by atoms with E-state index in [1.54, 1.807) is 12.1 Å². The molecule has 5 nitrogen and oxygen atoms in total. The number of aliphatic carboxylic acids is 1. The van der Waals surface area contributed by atoms with E-state index < -0.39 is 5.97 Å². The van der Waals surface area contributed by atoms with Crippen LogP contribution < -0.4 is 4.90 Å². The first-order valence-corrected chi connectivity index (χ1v) is 6.81. The SMILES string of the molecule is CCCN(CC)c1ccc(C(=O)N(C)CC(=O)O)cc1. The molecular weight excluding hydrogens is 256 g/mol. The molecule has 1 aromatic rings. The number of carboxylic acid groups (broad SMARTS) is 1. The van der Waals surface area contributed by atoms with E-state index in [0.717, 1.165) is 25.2 Å². The Morgan fingerprint density at radius 2 is 1.75 bits per heavy atom. The smallest absolute Gasteiger partial charge is 0.323 e. The molecule has 0 bridgehead atoms. The fourth-order valence-corrected chi connectivity index (χ4v) is 2.05. The molecule has 1 N–H and O–H groups in total. The van der Waals surface area contributed by atoms with Crippen molar-refractivity contribution in [1.82, 2.24) is 4.90 Å². The second kappa shape index (κ2) is 7.53. The quantitative estimate of drug-likeness (QED) is 0.829. The zero-order chi connectivity index (χ0) is 15.1. The molecule has 0 aliphatic rings. The number of carbonyl (C=O) groups is 2. The summed E-state index contributed by atoms with van der Waals surface area (Å²) in [5.41, 5.74) is 1.58. The van der Waals surface area contributed by atoms with Crippen molar-refractivity contribution >= 4 is 17.6 Å². The first kappa shape index (κ1) is 16.0. The summed E-state index contributed by atoms with van der Waals surface area (Å²) in [7, 11) is 1.49. The number of hydrogen-bond donors (Lipinski definition) is 1. The lowest BCUT2D eigenvalue weighted by Crippen LogP contribution is -2.32. The van der Waals surface area contributed by atoms with Crippen LogP contribution in [0.3, 0.4) is 0 Å². The third kappa shape index (κ3) is 4.26. The molecule has 0 fully saturated rings. The first-order valence-electron chi connectivity index (χ1n) is 6.81. The van der Waals surface area contributed by atoms with E-state index in [2.05, 4.69) is 18.7 Å². The van der Waals surface area contributed by atoms with Crippen molar-refractivity contribution in [3.05, 3.63) is 29.8 Å². The fraction of sp³-hybridized carbons (Fsp3) is 0.467. The van der Waals surface area contributed by atoms with E-state index in [-0.39, 0.29) is 12.5 Å². The summed E-state index contributed by atoms with van der Waals surface area (Å²) in [5, 5.41) is 8.69. The fourth-order valence-electron chi connectivity index (χ4n) is 2.05. The summed E-state index contributed by atoms with van der Waals surface area (Å²) in [4.78, 5) is 26.0. The van der Waals surface area contributed by atoms with Crippen molar-refractivity contribution in [2.24, 2.45) is 0 Å². The molecule has 1 amide bonds. The molecule has 5 heteroatoms. The minimum atomic E-state index is -1.02. The Bertz CT molecular complexity index is 457. The van der Waals surface area contributed by atoms with Crippen LogP contribution in [-0.4, -0.2) is 48.6 Å². The number of amides is 1. The second-order valence-electron chi connectivity index (χ2n) is 4.68. The van der Waals surface area contributed by atoms with Gasteiger partial charge >= 0.3 is 5.97 Å². The van der Waals surface area contributed by atoms with Crippen LogP contribution in [0.5, 0.6) is 0 Å². The van der Waals surface area contributed by atoms with E-state index in [4.69, 9.17) is 5.11 Å². The maximum Gasteiger partial charge on any atom is 0.323 e. The predicted octanol–water partition coefficient (Wildman–Crippen LogP) is 2.08. The molecule has 0 aliphatic carbocycles. The summed E-state index contributed by atoms with van der Waals surface area (Å²) in [6.45, 7) is 5.82. The summed E-state index contributed by atoms with van der Waals surface area (Å²) >= 11 is 0. The van der Waals surface area contributed by atoms with Gasteiger partial charge < -0.3 is 14.9 Å². The van der Waals surface area contributed by atoms with Gasteiger partial charge in [-0.15, -0.1) is 0 Å². The molecule has 0 spiro atoms. The zero-order valence-corrected chi connectivity index (χ0v) is 12.3. The van der Waals surface area contributed by atoms with E-state index in [1.807, 2.05) is 12.1 Å². The zero-order valence-electron chi connectivity index (χ0n) is 12.3. The van der Waals surface area contributed by atoms with Gasteiger partial charge in [0, 0.05) is 31.4 Å². The minimum absolute atomic E-state index is 0.280. The van der Waals surface area contributed by atoms with E-state index in [0.29, 0.717) is 5.56 Å². The number of nitrogens with zero attached hydrogens (tertiary/aromatic N) is 2. The van der Waals surface area contributed by atoms with E-state index in [1.165, 1.54) is 11.9 Å². The van der Waals surface area contributed by atoms with Gasteiger partial charge in [0.1, 0.15) is 6.54 Å². The molecule has 0 heterocycles. The van der Waals surface area contributed by atoms with Crippen molar-refractivity contribution < 1.29 is 14.7 Å². The Balaban J connectivity index is 2.80. The van der Waals surface area contributed by atoms with Crippen LogP contribution >= 0.6 is 0 Å². The van der Waals surface area contributed by atoms with Crippen molar-refractivity contribution in [1.29, 1.82) is 0 Å². The number of likely N-dealkylation sites (N-methyl/N-ethyl adjacent to an activating group) is 1. The van der Waals surface area contributed by atoms with Gasteiger partial charge in [-0.25, -0.2) is 0 Å². The van der Waals surface area contributed by atoms with Gasteiger partial charge in [0.25, 0.3) is 5.91 Å². The molecule has 1 aromatic carbocycles. The standard InChI is InChI=1S/C15H22N2O3/c1-4-10-17(5-2)13-8-6-12(7-9-13)15(20)16(3)11-14(18)19/h6-9H,4-5,10-11H2,1-3H3,(H,18,19). The van der Waals surface area contributed by atoms with Gasteiger partial charge in [0.2, 0.25) is 0 Å². The number of carbonyl (C=O) groups excluding carboxylic acids is 1. The van der Waals surface area contributed by atoms with Gasteiger partial charge in [0.05, 0.1) is 0 Å². The van der Waals surface area contributed by atoms with Crippen LogP contribution in [0, 0.1) is 0 Å². The largest absolute Gasteiger partial charge is 0.480 e. The molecule has 0 aromatic heterocycles. The maximum atomic E-state index is 12.0. The highest BCUT2D eigenvalue weighted by molar-refractivity contribution is 5.95. The highest BCUT2D eigenvalue weighted by atomic mass is 16.4. The third-order valence-corrected chi connectivity index (χ3v) is 3.07. The summed E-state index contributed by atoms with van der Waals surface area (Å²) in [5.74, 6) is -1.30. The monoisotopic (exact) mass is 278 g/mol. The van der Waals surface area contributed by atoms with Crippen molar-refractivity contribution in [3.63, 3.8) is 0 Å². The van der Waals surface area contributed by atoms with Gasteiger partial charge in [-0.3, -0.25) is 9.59 Å². The number of carboxylic acids is 1. The molecule has 0 saturated heterocycles. The molecule has 0 atom stereocenters. The van der Waals surface area contributed by atoms with Crippen molar-refractivity contribution in [2.75, 3.05) is 31.6 Å². The normalized spacial score (nSPS) is 10.2. The Kier molecular flexibility index (Phi) is 6.03. The molecule has 0 saturated carbocycles. The van der Waals surface area contributed by atoms with Crippen LogP contribution in [0.25, 0.3) is 0 Å². The van der Waals surface area contributed by atoms with Crippen LogP contribution in [0.4, 0.5) is 5.69 Å². The predicted molar refractivity (Wildman–Crippen MR) is 79.2 cm³/mol. The Morgan fingerprint density at radius 1 is 1.15 bits per heavy atom. The van der Waals surface area contributed by atoms with Crippen LogP contribution in [-0.2, 0) is 4.79 Å². The average molecular weight is 278 g/mol. The lowest BCUT2D eigenvalue weighted by atomic mass is 10.1. The van der Waals surface area contributed by atoms with Crippen molar-refractivity contribution in [2.45, 2.75) is 20.3 Å². The van der Waals surface area contributed by atoms with Crippen LogP contribution in [0.15, 0.2) is 24.3 Å². The molecule has 1 rings (SSSR count). The summed E-state index contributed by atoms with van der Waals surface area (Å²) in [6.07, 6.45) is 1.07. The number of hydrogen-bond acceptors (Lipinski definition) is 3. The molecule has 110 valence electrons. The summed E-state index contributed by atoms with van der Waals surface area (Å²) in [6, 6.07) is 7.30. The van der Waals surface area contributed by atoms with Crippen molar-refractivity contribution in [3.8, 4) is 0 Å². The molecular formula is C15H22N2O3. The Labute approximate surface area is 119 Å². The number of anilines is 1. The number of rotatable bonds is 7.